The van der Waals surface area contributed by atoms with Gasteiger partial charge in [0.05, 0.1) is 0 Å². The standard InChI is InChI=1S/C16H20O2/c1-16(2)10-13-9-12(5-8-15(13)18-16)11-3-6-14(17)7-4-11/h5,8-9,11H,3-4,6-7,10H2,1-2H3. The first kappa shape index (κ1) is 11.8. The average Bonchev–Trinajstić information content (AvgIpc) is 2.62. The quantitative estimate of drug-likeness (QED) is 0.754. The van der Waals surface area contributed by atoms with Crippen LogP contribution >= 0.6 is 0 Å². The van der Waals surface area contributed by atoms with E-state index in [9.17, 15) is 4.79 Å². The Morgan fingerprint density at radius 2 is 1.94 bits per heavy atom. The Hall–Kier alpha value is -1.31. The molecule has 2 aliphatic rings. The fourth-order valence-corrected chi connectivity index (χ4v) is 3.16. The van der Waals surface area contributed by atoms with Gasteiger partial charge in [0.2, 0.25) is 0 Å². The number of hydrogen-bond donors (Lipinski definition) is 0. The first-order valence-electron chi connectivity index (χ1n) is 6.87. The number of hydrogen-bond acceptors (Lipinski definition) is 2. The van der Waals surface area contributed by atoms with Crippen molar-refractivity contribution in [1.82, 2.24) is 0 Å². The summed E-state index contributed by atoms with van der Waals surface area (Å²) in [5.41, 5.74) is 2.65. The third kappa shape index (κ3) is 2.16. The van der Waals surface area contributed by atoms with Crippen molar-refractivity contribution < 1.29 is 9.53 Å². The summed E-state index contributed by atoms with van der Waals surface area (Å²) in [7, 11) is 0. The molecule has 0 spiro atoms. The summed E-state index contributed by atoms with van der Waals surface area (Å²) in [6.07, 6.45) is 4.53. The minimum Gasteiger partial charge on any atom is -0.487 e. The zero-order chi connectivity index (χ0) is 12.8. The van der Waals surface area contributed by atoms with Gasteiger partial charge in [-0.1, -0.05) is 12.1 Å². The summed E-state index contributed by atoms with van der Waals surface area (Å²) >= 11 is 0. The molecule has 0 saturated heterocycles. The van der Waals surface area contributed by atoms with Gasteiger partial charge in [0, 0.05) is 19.3 Å². The van der Waals surface area contributed by atoms with E-state index in [-0.39, 0.29) is 5.60 Å². The molecule has 0 amide bonds. The van der Waals surface area contributed by atoms with Crippen LogP contribution < -0.4 is 4.74 Å². The summed E-state index contributed by atoms with van der Waals surface area (Å²) in [5, 5.41) is 0. The second-order valence-corrected chi connectivity index (χ2v) is 6.22. The summed E-state index contributed by atoms with van der Waals surface area (Å²) in [5.74, 6) is 2.03. The Labute approximate surface area is 108 Å². The predicted octanol–water partition coefficient (Wildman–Crippen LogP) is 3.63. The molecule has 0 atom stereocenters. The predicted molar refractivity (Wildman–Crippen MR) is 71.1 cm³/mol. The molecule has 2 heteroatoms. The van der Waals surface area contributed by atoms with Crippen LogP contribution in [0.15, 0.2) is 18.2 Å². The van der Waals surface area contributed by atoms with Crippen LogP contribution in [0.2, 0.25) is 0 Å². The van der Waals surface area contributed by atoms with Crippen molar-refractivity contribution in [3.05, 3.63) is 29.3 Å². The number of fused-ring (bicyclic) bond motifs is 1. The number of Topliss-reactive ketones (excluding diaryl/α,β-unsaturated/α-hetero) is 1. The van der Waals surface area contributed by atoms with Crippen molar-refractivity contribution in [1.29, 1.82) is 0 Å². The summed E-state index contributed by atoms with van der Waals surface area (Å²) in [6, 6.07) is 6.58. The molecule has 1 aliphatic carbocycles. The molecule has 0 aromatic heterocycles. The van der Waals surface area contributed by atoms with Gasteiger partial charge in [0.15, 0.2) is 0 Å². The number of ketones is 1. The number of benzene rings is 1. The lowest BCUT2D eigenvalue weighted by Gasteiger charge is -2.21. The molecule has 2 nitrogen and oxygen atoms in total. The minimum atomic E-state index is -0.0660. The molecule has 1 saturated carbocycles. The van der Waals surface area contributed by atoms with Crippen molar-refractivity contribution in [3.63, 3.8) is 0 Å². The second kappa shape index (κ2) is 4.11. The highest BCUT2D eigenvalue weighted by atomic mass is 16.5. The fraction of sp³-hybridized carbons (Fsp3) is 0.562. The third-order valence-corrected chi connectivity index (χ3v) is 4.10. The zero-order valence-corrected chi connectivity index (χ0v) is 11.2. The minimum absolute atomic E-state index is 0.0660. The van der Waals surface area contributed by atoms with Gasteiger partial charge in [0.25, 0.3) is 0 Å². The Balaban J connectivity index is 1.82. The van der Waals surface area contributed by atoms with Gasteiger partial charge < -0.3 is 4.74 Å². The first-order valence-corrected chi connectivity index (χ1v) is 6.87. The van der Waals surface area contributed by atoms with E-state index >= 15 is 0 Å². The lowest BCUT2D eigenvalue weighted by Crippen LogP contribution is -2.24. The van der Waals surface area contributed by atoms with E-state index in [1.54, 1.807) is 0 Å². The molecule has 96 valence electrons. The van der Waals surface area contributed by atoms with Crippen LogP contribution in [-0.4, -0.2) is 11.4 Å². The van der Waals surface area contributed by atoms with Crippen molar-refractivity contribution in [2.45, 2.75) is 57.5 Å². The molecule has 0 N–H and O–H groups in total. The van der Waals surface area contributed by atoms with E-state index in [0.29, 0.717) is 11.7 Å². The van der Waals surface area contributed by atoms with Gasteiger partial charge in [-0.25, -0.2) is 0 Å². The monoisotopic (exact) mass is 244 g/mol. The van der Waals surface area contributed by atoms with Crippen LogP contribution in [0.25, 0.3) is 0 Å². The van der Waals surface area contributed by atoms with Gasteiger partial charge >= 0.3 is 0 Å². The van der Waals surface area contributed by atoms with Crippen LogP contribution in [0.1, 0.15) is 56.6 Å². The highest BCUT2D eigenvalue weighted by Gasteiger charge is 2.30. The summed E-state index contributed by atoms with van der Waals surface area (Å²) in [4.78, 5) is 11.3. The van der Waals surface area contributed by atoms with Crippen molar-refractivity contribution in [2.75, 3.05) is 0 Å². The molecule has 1 aliphatic heterocycles. The van der Waals surface area contributed by atoms with Crippen molar-refractivity contribution >= 4 is 5.78 Å². The van der Waals surface area contributed by atoms with E-state index in [4.69, 9.17) is 4.74 Å². The van der Waals surface area contributed by atoms with Gasteiger partial charge in [0.1, 0.15) is 17.1 Å². The Morgan fingerprint density at radius 3 is 2.67 bits per heavy atom. The van der Waals surface area contributed by atoms with Gasteiger partial charge in [-0.15, -0.1) is 0 Å². The first-order chi connectivity index (χ1) is 8.53. The van der Waals surface area contributed by atoms with E-state index in [1.165, 1.54) is 11.1 Å². The Bertz CT molecular complexity index is 478. The topological polar surface area (TPSA) is 26.3 Å². The van der Waals surface area contributed by atoms with Gasteiger partial charge in [-0.2, -0.15) is 0 Å². The molecular formula is C16H20O2. The van der Waals surface area contributed by atoms with E-state index in [2.05, 4.69) is 32.0 Å². The van der Waals surface area contributed by atoms with Gasteiger partial charge in [-0.3, -0.25) is 4.79 Å². The highest BCUT2D eigenvalue weighted by molar-refractivity contribution is 5.79. The number of rotatable bonds is 1. The number of ether oxygens (including phenoxy) is 1. The fourth-order valence-electron chi connectivity index (χ4n) is 3.16. The number of carbonyl (C=O) groups is 1. The third-order valence-electron chi connectivity index (χ3n) is 4.10. The Kier molecular flexibility index (Phi) is 2.69. The van der Waals surface area contributed by atoms with Crippen LogP contribution in [0, 0.1) is 0 Å². The largest absolute Gasteiger partial charge is 0.487 e. The summed E-state index contributed by atoms with van der Waals surface area (Å²) < 4.78 is 5.90. The molecule has 3 rings (SSSR count). The smallest absolute Gasteiger partial charge is 0.132 e. The zero-order valence-electron chi connectivity index (χ0n) is 11.2. The van der Waals surface area contributed by atoms with Crippen LogP contribution in [0.5, 0.6) is 5.75 Å². The molecule has 0 bridgehead atoms. The van der Waals surface area contributed by atoms with Gasteiger partial charge in [-0.05, 0) is 49.8 Å². The maximum atomic E-state index is 11.3. The molecular weight excluding hydrogens is 224 g/mol. The second-order valence-electron chi connectivity index (χ2n) is 6.22. The molecule has 18 heavy (non-hydrogen) atoms. The van der Waals surface area contributed by atoms with Crippen molar-refractivity contribution in [3.8, 4) is 5.75 Å². The number of carbonyl (C=O) groups excluding carboxylic acids is 1. The maximum absolute atomic E-state index is 11.3. The van der Waals surface area contributed by atoms with Crippen LogP contribution in [0.4, 0.5) is 0 Å². The van der Waals surface area contributed by atoms with E-state index in [0.717, 1.165) is 37.9 Å². The normalized spacial score (nSPS) is 22.7. The molecule has 1 heterocycles. The van der Waals surface area contributed by atoms with Crippen LogP contribution in [0.3, 0.4) is 0 Å². The molecule has 1 aromatic rings. The van der Waals surface area contributed by atoms with Crippen LogP contribution in [-0.2, 0) is 11.2 Å². The van der Waals surface area contributed by atoms with E-state index < -0.39 is 0 Å². The Morgan fingerprint density at radius 1 is 1.22 bits per heavy atom. The molecule has 0 radical (unpaired) electrons. The lowest BCUT2D eigenvalue weighted by atomic mass is 9.82. The van der Waals surface area contributed by atoms with Crippen molar-refractivity contribution in [2.24, 2.45) is 0 Å². The SMILES string of the molecule is CC1(C)Cc2cc(C3CCC(=O)CC3)ccc2O1. The molecule has 1 fully saturated rings. The molecule has 1 aromatic carbocycles. The maximum Gasteiger partial charge on any atom is 0.132 e. The van der Waals surface area contributed by atoms with E-state index in [1.807, 2.05) is 0 Å². The summed E-state index contributed by atoms with van der Waals surface area (Å²) in [6.45, 7) is 4.26. The lowest BCUT2D eigenvalue weighted by molar-refractivity contribution is -0.120. The average molecular weight is 244 g/mol. The molecule has 0 unspecified atom stereocenters. The highest BCUT2D eigenvalue weighted by Crippen LogP contribution is 2.39.